The Morgan fingerprint density at radius 3 is 2.46 bits per heavy atom. The number of carboxylic acid groups (broad SMARTS) is 1. The fourth-order valence-corrected chi connectivity index (χ4v) is 2.78. The Bertz CT molecular complexity index is 927. The van der Waals surface area contributed by atoms with Gasteiger partial charge in [-0.05, 0) is 37.5 Å². The number of benzene rings is 2. The molecule has 0 aromatic heterocycles. The third kappa shape index (κ3) is 4.79. The molecule has 0 radical (unpaired) electrons. The van der Waals surface area contributed by atoms with E-state index in [2.05, 4.69) is 6.58 Å². The van der Waals surface area contributed by atoms with Crippen LogP contribution in [0.15, 0.2) is 42.5 Å². The molecule has 2 N–H and O–H groups in total. The average Bonchev–Trinajstić information content (AvgIpc) is 2.65. The molecule has 6 heteroatoms. The fourth-order valence-electron chi connectivity index (χ4n) is 2.78. The zero-order valence-electron chi connectivity index (χ0n) is 15.8. The van der Waals surface area contributed by atoms with Gasteiger partial charge in [-0.2, -0.15) is 0 Å². The van der Waals surface area contributed by atoms with Crippen LogP contribution in [0.25, 0.3) is 12.2 Å². The van der Waals surface area contributed by atoms with Crippen LogP contribution in [0.1, 0.15) is 40.4 Å². The second-order valence-corrected chi connectivity index (χ2v) is 6.22. The average molecular weight is 382 g/mol. The van der Waals surface area contributed by atoms with Crippen molar-refractivity contribution in [1.29, 1.82) is 0 Å². The van der Waals surface area contributed by atoms with E-state index in [1.807, 2.05) is 6.92 Å². The van der Waals surface area contributed by atoms with Crippen molar-refractivity contribution < 1.29 is 29.3 Å². The molecule has 2 aromatic carbocycles. The summed E-state index contributed by atoms with van der Waals surface area (Å²) in [6, 6.07) is 8.37. The summed E-state index contributed by atoms with van der Waals surface area (Å²) in [5.41, 5.74) is 1.96. The van der Waals surface area contributed by atoms with Gasteiger partial charge in [0.05, 0.1) is 7.11 Å². The first-order valence-electron chi connectivity index (χ1n) is 8.57. The maximum atomic E-state index is 11.8. The van der Waals surface area contributed by atoms with Crippen LogP contribution in [-0.2, 0) is 11.2 Å². The predicted molar refractivity (Wildman–Crippen MR) is 107 cm³/mol. The van der Waals surface area contributed by atoms with Gasteiger partial charge in [0.1, 0.15) is 22.8 Å². The highest BCUT2D eigenvalue weighted by atomic mass is 16.5. The second kappa shape index (κ2) is 9.41. The molecular weight excluding hydrogens is 360 g/mol. The number of rotatable bonds is 9. The Balaban J connectivity index is 2.55. The van der Waals surface area contributed by atoms with E-state index in [0.717, 1.165) is 5.57 Å². The lowest BCUT2D eigenvalue weighted by molar-refractivity contribution is -0.120. The third-order valence-corrected chi connectivity index (χ3v) is 4.17. The van der Waals surface area contributed by atoms with Crippen molar-refractivity contribution in [2.45, 2.75) is 19.8 Å². The first-order valence-corrected chi connectivity index (χ1v) is 8.57. The van der Waals surface area contributed by atoms with Crippen LogP contribution in [0, 0.1) is 0 Å². The number of para-hydroxylation sites is 1. The monoisotopic (exact) mass is 382 g/mol. The summed E-state index contributed by atoms with van der Waals surface area (Å²) in [6.45, 7) is 6.01. The van der Waals surface area contributed by atoms with Gasteiger partial charge >= 0.3 is 5.97 Å². The van der Waals surface area contributed by atoms with E-state index in [1.54, 1.807) is 36.4 Å². The van der Waals surface area contributed by atoms with E-state index < -0.39 is 5.97 Å². The van der Waals surface area contributed by atoms with Gasteiger partial charge in [-0.25, -0.2) is 4.79 Å². The van der Waals surface area contributed by atoms with E-state index in [1.165, 1.54) is 13.2 Å². The molecule has 2 rings (SSSR count). The van der Waals surface area contributed by atoms with Crippen LogP contribution in [0.3, 0.4) is 0 Å². The van der Waals surface area contributed by atoms with Crippen LogP contribution < -0.4 is 9.47 Å². The van der Waals surface area contributed by atoms with Crippen LogP contribution >= 0.6 is 0 Å². The van der Waals surface area contributed by atoms with E-state index >= 15 is 0 Å². The maximum absolute atomic E-state index is 11.8. The SMILES string of the molecule is C=C(C)CCc1c(OC)cc(C=Cc2ccccc2OC=O)c(C(=O)O)c1O. The molecule has 0 fully saturated rings. The van der Waals surface area contributed by atoms with Crippen molar-refractivity contribution in [3.63, 3.8) is 0 Å². The first kappa shape index (κ1) is 20.8. The largest absolute Gasteiger partial charge is 0.507 e. The van der Waals surface area contributed by atoms with Gasteiger partial charge in [0.15, 0.2) is 0 Å². The Hall–Kier alpha value is -3.54. The molecule has 0 aliphatic carbocycles. The molecule has 0 spiro atoms. The van der Waals surface area contributed by atoms with Crippen molar-refractivity contribution in [2.75, 3.05) is 7.11 Å². The van der Waals surface area contributed by atoms with E-state index in [4.69, 9.17) is 9.47 Å². The van der Waals surface area contributed by atoms with Gasteiger partial charge in [0.25, 0.3) is 6.47 Å². The third-order valence-electron chi connectivity index (χ3n) is 4.17. The van der Waals surface area contributed by atoms with Gasteiger partial charge in [-0.15, -0.1) is 6.58 Å². The quantitative estimate of drug-likeness (QED) is 0.381. The molecule has 146 valence electrons. The van der Waals surface area contributed by atoms with Crippen LogP contribution in [0.4, 0.5) is 0 Å². The number of hydrogen-bond donors (Lipinski definition) is 2. The first-order chi connectivity index (χ1) is 13.4. The van der Waals surface area contributed by atoms with Gasteiger partial charge < -0.3 is 19.7 Å². The van der Waals surface area contributed by atoms with Gasteiger partial charge in [0.2, 0.25) is 0 Å². The number of aromatic carboxylic acids is 1. The molecule has 28 heavy (non-hydrogen) atoms. The maximum Gasteiger partial charge on any atom is 0.340 e. The summed E-state index contributed by atoms with van der Waals surface area (Å²) < 4.78 is 10.3. The molecule has 0 unspecified atom stereocenters. The number of methoxy groups -OCH3 is 1. The lowest BCUT2D eigenvalue weighted by Gasteiger charge is -2.15. The number of phenols is 1. The van der Waals surface area contributed by atoms with Crippen molar-refractivity contribution >= 4 is 24.6 Å². The van der Waals surface area contributed by atoms with Crippen LogP contribution in [0.5, 0.6) is 17.2 Å². The summed E-state index contributed by atoms with van der Waals surface area (Å²) in [5, 5.41) is 20.2. The number of carbonyl (C=O) groups excluding carboxylic acids is 1. The standard InChI is InChI=1S/C22H22O6/c1-14(2)8-11-17-19(27-3)12-16(20(21(17)24)22(25)26)10-9-15-6-4-5-7-18(15)28-13-23/h4-7,9-10,12-13,24H,1,8,11H2,2-3H3,(H,25,26). The van der Waals surface area contributed by atoms with Gasteiger partial charge in [-0.3, -0.25) is 4.79 Å². The summed E-state index contributed by atoms with van der Waals surface area (Å²) >= 11 is 0. The van der Waals surface area contributed by atoms with E-state index in [-0.39, 0.29) is 16.9 Å². The summed E-state index contributed by atoms with van der Waals surface area (Å²) in [5.74, 6) is -0.861. The van der Waals surface area contributed by atoms with Crippen LogP contribution in [-0.4, -0.2) is 29.8 Å². The molecule has 0 heterocycles. The topological polar surface area (TPSA) is 93.1 Å². The number of carboxylic acids is 1. The minimum Gasteiger partial charge on any atom is -0.507 e. The number of allylic oxidation sites excluding steroid dienone is 1. The molecule has 6 nitrogen and oxygen atoms in total. The van der Waals surface area contributed by atoms with Gasteiger partial charge in [-0.1, -0.05) is 35.9 Å². The highest BCUT2D eigenvalue weighted by Crippen LogP contribution is 2.37. The minimum absolute atomic E-state index is 0.220. The van der Waals surface area contributed by atoms with E-state index in [0.29, 0.717) is 41.9 Å². The fraction of sp³-hybridized carbons (Fsp3) is 0.182. The Morgan fingerprint density at radius 1 is 1.18 bits per heavy atom. The molecule has 2 aromatic rings. The Kier molecular flexibility index (Phi) is 6.98. The van der Waals surface area contributed by atoms with Crippen molar-refractivity contribution in [2.24, 2.45) is 0 Å². The smallest absolute Gasteiger partial charge is 0.340 e. The number of aromatic hydroxyl groups is 1. The summed E-state index contributed by atoms with van der Waals surface area (Å²) in [4.78, 5) is 22.4. The Labute approximate surface area is 163 Å². The zero-order chi connectivity index (χ0) is 20.7. The molecule has 0 amide bonds. The highest BCUT2D eigenvalue weighted by molar-refractivity contribution is 5.97. The number of carbonyl (C=O) groups is 2. The number of ether oxygens (including phenoxy) is 2. The Morgan fingerprint density at radius 2 is 1.86 bits per heavy atom. The molecule has 0 aliphatic heterocycles. The highest BCUT2D eigenvalue weighted by Gasteiger charge is 2.22. The van der Waals surface area contributed by atoms with Crippen molar-refractivity contribution in [3.8, 4) is 17.2 Å². The lowest BCUT2D eigenvalue weighted by atomic mass is 9.96. The van der Waals surface area contributed by atoms with Gasteiger partial charge in [0, 0.05) is 11.1 Å². The lowest BCUT2D eigenvalue weighted by Crippen LogP contribution is -2.05. The molecule has 0 aliphatic rings. The van der Waals surface area contributed by atoms with Crippen molar-refractivity contribution in [3.05, 3.63) is 64.7 Å². The molecule has 0 saturated carbocycles. The second-order valence-electron chi connectivity index (χ2n) is 6.22. The van der Waals surface area contributed by atoms with Crippen molar-refractivity contribution in [1.82, 2.24) is 0 Å². The molecule has 0 bridgehead atoms. The number of hydrogen-bond acceptors (Lipinski definition) is 5. The normalized spacial score (nSPS) is 10.6. The summed E-state index contributed by atoms with van der Waals surface area (Å²) in [6.07, 6.45) is 4.13. The molecule has 0 atom stereocenters. The minimum atomic E-state index is -1.26. The predicted octanol–water partition coefficient (Wildman–Crippen LogP) is 4.31. The zero-order valence-corrected chi connectivity index (χ0v) is 15.8. The van der Waals surface area contributed by atoms with E-state index in [9.17, 15) is 19.8 Å². The molecule has 0 saturated heterocycles. The molecular formula is C22H22O6. The van der Waals surface area contributed by atoms with Crippen LogP contribution in [0.2, 0.25) is 0 Å². The summed E-state index contributed by atoms with van der Waals surface area (Å²) in [7, 11) is 1.46.